The topological polar surface area (TPSA) is 144 Å². The highest BCUT2D eigenvalue weighted by Gasteiger charge is 2.55. The SMILES string of the molecule is CC(C)(C)OC(=O)N(CCc1ccccc1)C(CCOC(=O)NC[C@H]1C[C@@H](n2cc(-c3c(Cl)cnn3COCC[Si](C)(C)C)c3cncnc32)[C@@H]2OC(C)(C)O[C@H]12)C(C)(C)C. The van der Waals surface area contributed by atoms with Crippen LogP contribution in [0.5, 0.6) is 0 Å². The molecule has 1 saturated heterocycles. The molecule has 1 N–H and O–H groups in total. The maximum Gasteiger partial charge on any atom is 0.410 e. The Morgan fingerprint density at radius 2 is 1.77 bits per heavy atom. The zero-order chi connectivity index (χ0) is 44.3. The van der Waals surface area contributed by atoms with Gasteiger partial charge in [0.2, 0.25) is 0 Å². The largest absolute Gasteiger partial charge is 0.449 e. The molecule has 2 amide bonds. The fourth-order valence-electron chi connectivity index (χ4n) is 8.39. The van der Waals surface area contributed by atoms with E-state index in [0.717, 1.165) is 33.9 Å². The molecule has 4 aromatic rings. The summed E-state index contributed by atoms with van der Waals surface area (Å²) in [6.07, 6.45) is 7.24. The Labute approximate surface area is 367 Å². The van der Waals surface area contributed by atoms with Crippen LogP contribution in [0.3, 0.4) is 0 Å². The van der Waals surface area contributed by atoms with E-state index in [1.165, 1.54) is 0 Å². The van der Waals surface area contributed by atoms with Crippen LogP contribution in [-0.4, -0.2) is 105 Å². The van der Waals surface area contributed by atoms with E-state index in [1.54, 1.807) is 28.3 Å². The zero-order valence-electron chi connectivity index (χ0n) is 37.9. The van der Waals surface area contributed by atoms with Gasteiger partial charge in [-0.3, -0.25) is 0 Å². The first kappa shape index (κ1) is 46.5. The second-order valence-electron chi connectivity index (χ2n) is 20.1. The lowest BCUT2D eigenvalue weighted by molar-refractivity contribution is -0.160. The Morgan fingerprint density at radius 3 is 2.46 bits per heavy atom. The first-order valence-electron chi connectivity index (χ1n) is 21.5. The maximum absolute atomic E-state index is 13.7. The normalized spacial score (nSPS) is 20.7. The number of carbonyl (C=O) groups is 2. The molecule has 1 unspecified atom stereocenters. The minimum atomic E-state index is -1.27. The number of rotatable bonds is 16. The molecule has 334 valence electrons. The summed E-state index contributed by atoms with van der Waals surface area (Å²) < 4.78 is 34.8. The van der Waals surface area contributed by atoms with E-state index >= 15 is 0 Å². The molecule has 1 aliphatic heterocycles. The van der Waals surface area contributed by atoms with Gasteiger partial charge in [0.1, 0.15) is 30.4 Å². The van der Waals surface area contributed by atoms with Gasteiger partial charge in [-0.25, -0.2) is 24.2 Å². The summed E-state index contributed by atoms with van der Waals surface area (Å²) in [6.45, 7) is 24.5. The van der Waals surface area contributed by atoms with Crippen LogP contribution in [0.25, 0.3) is 22.3 Å². The van der Waals surface area contributed by atoms with E-state index in [2.05, 4.69) is 72.5 Å². The van der Waals surface area contributed by atoms with E-state index in [-0.39, 0.29) is 55.1 Å². The highest BCUT2D eigenvalue weighted by Crippen LogP contribution is 2.48. The summed E-state index contributed by atoms with van der Waals surface area (Å²) in [7, 11) is -1.27. The number of amides is 2. The molecule has 4 heterocycles. The van der Waals surface area contributed by atoms with Crippen LogP contribution in [0.15, 0.2) is 55.2 Å². The Balaban J connectivity index is 1.14. The lowest BCUT2D eigenvalue weighted by atomic mass is 9.83. The van der Waals surface area contributed by atoms with E-state index in [1.807, 2.05) is 59.0 Å². The molecule has 0 bridgehead atoms. The Hall–Kier alpha value is -4.02. The lowest BCUT2D eigenvalue weighted by Gasteiger charge is -2.40. The van der Waals surface area contributed by atoms with Crippen LogP contribution < -0.4 is 5.32 Å². The van der Waals surface area contributed by atoms with Crippen molar-refractivity contribution in [1.29, 1.82) is 0 Å². The molecule has 3 aromatic heterocycles. The predicted molar refractivity (Wildman–Crippen MR) is 239 cm³/mol. The lowest BCUT2D eigenvalue weighted by Crippen LogP contribution is -2.50. The van der Waals surface area contributed by atoms with Crippen LogP contribution >= 0.6 is 11.6 Å². The first-order valence-corrected chi connectivity index (χ1v) is 25.6. The van der Waals surface area contributed by atoms with Gasteiger partial charge < -0.3 is 38.5 Å². The van der Waals surface area contributed by atoms with Crippen LogP contribution in [0, 0.1) is 11.3 Å². The van der Waals surface area contributed by atoms with Crippen molar-refractivity contribution >= 4 is 42.9 Å². The number of carbonyl (C=O) groups excluding carboxylic acids is 2. The number of halogens is 1. The van der Waals surface area contributed by atoms with Crippen LogP contribution in [0.1, 0.15) is 79.8 Å². The molecule has 0 spiro atoms. The number of nitrogens with zero attached hydrogens (tertiary/aromatic N) is 6. The smallest absolute Gasteiger partial charge is 0.410 e. The molecular weight excluding hydrogens is 814 g/mol. The molecule has 14 nitrogen and oxygen atoms in total. The third-order valence-corrected chi connectivity index (χ3v) is 13.3. The number of nitrogens with one attached hydrogen (secondary N) is 1. The van der Waals surface area contributed by atoms with Crippen molar-refractivity contribution in [3.05, 3.63) is 65.8 Å². The van der Waals surface area contributed by atoms with Crippen LogP contribution in [-0.2, 0) is 36.8 Å². The number of aromatic nitrogens is 5. The molecule has 2 fully saturated rings. The number of hydrogen-bond acceptors (Lipinski definition) is 10. The summed E-state index contributed by atoms with van der Waals surface area (Å²) in [6, 6.07) is 10.7. The van der Waals surface area contributed by atoms with Gasteiger partial charge in [-0.2, -0.15) is 5.10 Å². The minimum absolute atomic E-state index is 0.0936. The van der Waals surface area contributed by atoms with Crippen molar-refractivity contribution in [3.8, 4) is 11.3 Å². The van der Waals surface area contributed by atoms with Gasteiger partial charge in [-0.05, 0) is 64.5 Å². The minimum Gasteiger partial charge on any atom is -0.449 e. The molecule has 1 saturated carbocycles. The molecule has 5 atom stereocenters. The van der Waals surface area contributed by atoms with Gasteiger partial charge in [0.25, 0.3) is 0 Å². The highest BCUT2D eigenvalue weighted by molar-refractivity contribution is 6.76. The van der Waals surface area contributed by atoms with Crippen molar-refractivity contribution in [1.82, 2.24) is 34.5 Å². The molecular formula is C45H66ClN7O7Si. The van der Waals surface area contributed by atoms with Gasteiger partial charge in [0.15, 0.2) is 5.79 Å². The standard InChI is InChI=1S/C45H66ClN7O7Si/c1-43(2,3)36(51(42(55)60-44(4,5)6)19-17-30-15-13-12-14-16-30)18-20-57-41(54)48-24-31-23-35(39-38(31)58-45(7,8)59-39)52-27-33(32-25-47-28-49-40(32)52)37-34(46)26-50-53(37)29-56-21-22-61(9,10)11/h12-16,25-28,31,35-36,38-39H,17-24,29H2,1-11H3,(H,48,54)/t31-,35-,36?,38-,39+/m1/s1. The number of benzene rings is 1. The third kappa shape index (κ3) is 11.9. The van der Waals surface area contributed by atoms with Crippen molar-refractivity contribution < 1.29 is 33.3 Å². The van der Waals surface area contributed by atoms with Gasteiger partial charge in [0, 0.05) is 69.5 Å². The molecule has 2 aliphatic rings. The van der Waals surface area contributed by atoms with Crippen molar-refractivity contribution in [3.63, 3.8) is 0 Å². The fourth-order valence-corrected chi connectivity index (χ4v) is 9.39. The highest BCUT2D eigenvalue weighted by atomic mass is 35.5. The van der Waals surface area contributed by atoms with Crippen molar-refractivity contribution in [2.45, 2.75) is 143 Å². The Morgan fingerprint density at radius 1 is 1.05 bits per heavy atom. The Bertz CT molecular complexity index is 2110. The fraction of sp³-hybridized carbons (Fsp3) is 0.622. The second-order valence-corrected chi connectivity index (χ2v) is 26.2. The zero-order valence-corrected chi connectivity index (χ0v) is 39.6. The molecule has 61 heavy (non-hydrogen) atoms. The molecule has 1 aromatic carbocycles. The Kier molecular flexibility index (Phi) is 14.3. The van der Waals surface area contributed by atoms with Gasteiger partial charge in [0.05, 0.1) is 35.7 Å². The number of fused-ring (bicyclic) bond motifs is 2. The van der Waals surface area contributed by atoms with Gasteiger partial charge in [-0.1, -0.05) is 82.3 Å². The van der Waals surface area contributed by atoms with E-state index in [0.29, 0.717) is 44.0 Å². The number of ether oxygens (including phenoxy) is 5. The average molecular weight is 881 g/mol. The van der Waals surface area contributed by atoms with Crippen molar-refractivity contribution in [2.24, 2.45) is 11.3 Å². The first-order chi connectivity index (χ1) is 28.6. The molecule has 6 rings (SSSR count). The van der Waals surface area contributed by atoms with Gasteiger partial charge in [-0.15, -0.1) is 0 Å². The molecule has 1 aliphatic carbocycles. The summed E-state index contributed by atoms with van der Waals surface area (Å²) in [4.78, 5) is 37.9. The summed E-state index contributed by atoms with van der Waals surface area (Å²) >= 11 is 6.82. The predicted octanol–water partition coefficient (Wildman–Crippen LogP) is 9.35. The number of hydrogen-bond donors (Lipinski definition) is 1. The van der Waals surface area contributed by atoms with Crippen LogP contribution in [0.4, 0.5) is 9.59 Å². The van der Waals surface area contributed by atoms with Crippen molar-refractivity contribution in [2.75, 3.05) is 26.3 Å². The quantitative estimate of drug-likeness (QED) is 0.0854. The summed E-state index contributed by atoms with van der Waals surface area (Å²) in [5, 5.41) is 8.90. The number of alkyl carbamates (subject to hydrolysis) is 1. The van der Waals surface area contributed by atoms with Crippen LogP contribution in [0.2, 0.25) is 30.7 Å². The molecule has 16 heteroatoms. The summed E-state index contributed by atoms with van der Waals surface area (Å²) in [5.74, 6) is -0.922. The maximum atomic E-state index is 13.7. The monoisotopic (exact) mass is 879 g/mol. The molecule has 0 radical (unpaired) electrons. The van der Waals surface area contributed by atoms with E-state index < -0.39 is 25.6 Å². The van der Waals surface area contributed by atoms with E-state index in [9.17, 15) is 9.59 Å². The van der Waals surface area contributed by atoms with E-state index in [4.69, 9.17) is 40.3 Å². The second kappa shape index (κ2) is 18.8. The third-order valence-electron chi connectivity index (χ3n) is 11.3. The summed E-state index contributed by atoms with van der Waals surface area (Å²) in [5.41, 5.74) is 2.44. The van der Waals surface area contributed by atoms with Gasteiger partial charge >= 0.3 is 12.2 Å². The average Bonchev–Trinajstić information content (AvgIpc) is 3.90.